The van der Waals surface area contributed by atoms with E-state index in [0.717, 1.165) is 10.0 Å². The van der Waals surface area contributed by atoms with Gasteiger partial charge in [0.15, 0.2) is 0 Å². The van der Waals surface area contributed by atoms with Gasteiger partial charge in [-0.2, -0.15) is 0 Å². The molecular weight excluding hydrogens is 302 g/mol. The molecular formula is C12H16BrNO2S. The summed E-state index contributed by atoms with van der Waals surface area (Å²) in [5.41, 5.74) is 7.30. The molecule has 0 aromatic heterocycles. The standard InChI is InChI=1S/C12H16BrNO2S/c13-11-4-2-1-3-10(11)12(14)9-5-7-17(15,16)8-6-9/h1-4,9,12H,5-8,14H2. The predicted molar refractivity (Wildman–Crippen MR) is 72.4 cm³/mol. The van der Waals surface area contributed by atoms with Crippen molar-refractivity contribution >= 4 is 25.8 Å². The van der Waals surface area contributed by atoms with Crippen molar-refractivity contribution in [3.63, 3.8) is 0 Å². The number of hydrogen-bond acceptors (Lipinski definition) is 3. The molecule has 0 spiro atoms. The Morgan fingerprint density at radius 3 is 2.41 bits per heavy atom. The number of nitrogens with two attached hydrogens (primary N) is 1. The molecule has 0 amide bonds. The van der Waals surface area contributed by atoms with Gasteiger partial charge in [-0.25, -0.2) is 8.42 Å². The summed E-state index contributed by atoms with van der Waals surface area (Å²) in [4.78, 5) is 0. The van der Waals surface area contributed by atoms with E-state index in [1.165, 1.54) is 0 Å². The lowest BCUT2D eigenvalue weighted by atomic mass is 9.89. The van der Waals surface area contributed by atoms with E-state index in [1.807, 2.05) is 24.3 Å². The van der Waals surface area contributed by atoms with Crippen molar-refractivity contribution in [2.75, 3.05) is 11.5 Å². The SMILES string of the molecule is NC(c1ccccc1Br)C1CCS(=O)(=O)CC1. The van der Waals surface area contributed by atoms with Gasteiger partial charge in [-0.15, -0.1) is 0 Å². The summed E-state index contributed by atoms with van der Waals surface area (Å²) in [6.07, 6.45) is 1.34. The Balaban J connectivity index is 2.12. The van der Waals surface area contributed by atoms with Crippen molar-refractivity contribution in [3.05, 3.63) is 34.3 Å². The number of benzene rings is 1. The summed E-state index contributed by atoms with van der Waals surface area (Å²) in [5, 5.41) is 0. The van der Waals surface area contributed by atoms with Crippen molar-refractivity contribution in [2.24, 2.45) is 11.7 Å². The molecule has 1 aromatic rings. The first-order valence-corrected chi connectivity index (χ1v) is 8.31. The second-order valence-electron chi connectivity index (χ2n) is 4.54. The highest BCUT2D eigenvalue weighted by Gasteiger charge is 2.29. The van der Waals surface area contributed by atoms with Gasteiger partial charge < -0.3 is 5.73 Å². The second kappa shape index (κ2) is 5.08. The van der Waals surface area contributed by atoms with Gasteiger partial charge in [-0.3, -0.25) is 0 Å². The van der Waals surface area contributed by atoms with Gasteiger partial charge in [-0.05, 0) is 30.4 Å². The minimum atomic E-state index is -2.81. The molecule has 1 fully saturated rings. The fraction of sp³-hybridized carbons (Fsp3) is 0.500. The number of halogens is 1. The lowest BCUT2D eigenvalue weighted by Crippen LogP contribution is -2.31. The van der Waals surface area contributed by atoms with E-state index in [-0.39, 0.29) is 23.5 Å². The highest BCUT2D eigenvalue weighted by Crippen LogP contribution is 2.33. The maximum Gasteiger partial charge on any atom is 0.150 e. The number of rotatable bonds is 2. The van der Waals surface area contributed by atoms with Crippen molar-refractivity contribution in [1.82, 2.24) is 0 Å². The Labute approximate surface area is 110 Å². The molecule has 5 heteroatoms. The number of sulfone groups is 1. The van der Waals surface area contributed by atoms with Crippen LogP contribution in [0, 0.1) is 5.92 Å². The van der Waals surface area contributed by atoms with Gasteiger partial charge in [0.25, 0.3) is 0 Å². The molecule has 1 heterocycles. The molecule has 1 aliphatic rings. The van der Waals surface area contributed by atoms with Crippen molar-refractivity contribution in [3.8, 4) is 0 Å². The zero-order valence-electron chi connectivity index (χ0n) is 9.47. The zero-order valence-corrected chi connectivity index (χ0v) is 11.9. The van der Waals surface area contributed by atoms with Crippen LogP contribution in [0.4, 0.5) is 0 Å². The maximum atomic E-state index is 11.4. The van der Waals surface area contributed by atoms with Crippen LogP contribution in [0.2, 0.25) is 0 Å². The Bertz CT molecular complexity index is 487. The summed E-state index contributed by atoms with van der Waals surface area (Å²) < 4.78 is 23.7. The van der Waals surface area contributed by atoms with Crippen LogP contribution < -0.4 is 5.73 Å². The summed E-state index contributed by atoms with van der Waals surface area (Å²) >= 11 is 3.49. The first-order valence-electron chi connectivity index (χ1n) is 5.70. The molecule has 0 bridgehead atoms. The van der Waals surface area contributed by atoms with Crippen LogP contribution in [-0.2, 0) is 9.84 Å². The Hall–Kier alpha value is -0.390. The summed E-state index contributed by atoms with van der Waals surface area (Å²) in [6.45, 7) is 0. The molecule has 0 saturated carbocycles. The Morgan fingerprint density at radius 1 is 1.24 bits per heavy atom. The zero-order chi connectivity index (χ0) is 12.5. The Morgan fingerprint density at radius 2 is 1.82 bits per heavy atom. The average Bonchev–Trinajstić information content (AvgIpc) is 2.29. The van der Waals surface area contributed by atoms with Crippen LogP contribution in [-0.4, -0.2) is 19.9 Å². The van der Waals surface area contributed by atoms with E-state index in [4.69, 9.17) is 5.73 Å². The van der Waals surface area contributed by atoms with Crippen molar-refractivity contribution in [1.29, 1.82) is 0 Å². The predicted octanol–water partition coefficient (Wildman–Crippen LogP) is 2.27. The van der Waals surface area contributed by atoms with E-state index in [0.29, 0.717) is 12.8 Å². The largest absolute Gasteiger partial charge is 0.324 e. The van der Waals surface area contributed by atoms with Crippen LogP contribution in [0.3, 0.4) is 0 Å². The van der Waals surface area contributed by atoms with Gasteiger partial charge in [0, 0.05) is 10.5 Å². The molecule has 0 aliphatic carbocycles. The van der Waals surface area contributed by atoms with Crippen LogP contribution in [0.1, 0.15) is 24.4 Å². The fourth-order valence-electron chi connectivity index (χ4n) is 2.27. The third-order valence-corrected chi connectivity index (χ3v) is 5.81. The molecule has 1 saturated heterocycles. The molecule has 17 heavy (non-hydrogen) atoms. The third-order valence-electron chi connectivity index (χ3n) is 3.37. The summed E-state index contributed by atoms with van der Waals surface area (Å²) in [6, 6.07) is 7.79. The average molecular weight is 318 g/mol. The summed E-state index contributed by atoms with van der Waals surface area (Å²) in [5.74, 6) is 0.809. The normalized spacial score (nSPS) is 22.2. The Kier molecular flexibility index (Phi) is 3.90. The molecule has 1 atom stereocenters. The third kappa shape index (κ3) is 3.09. The van der Waals surface area contributed by atoms with Gasteiger partial charge in [0.05, 0.1) is 11.5 Å². The monoisotopic (exact) mass is 317 g/mol. The van der Waals surface area contributed by atoms with Crippen molar-refractivity contribution < 1.29 is 8.42 Å². The van der Waals surface area contributed by atoms with E-state index in [1.54, 1.807) is 0 Å². The number of hydrogen-bond donors (Lipinski definition) is 1. The lowest BCUT2D eigenvalue weighted by molar-refractivity contribution is 0.391. The molecule has 2 N–H and O–H groups in total. The molecule has 1 aromatic carbocycles. The van der Waals surface area contributed by atoms with Crippen molar-refractivity contribution in [2.45, 2.75) is 18.9 Å². The first kappa shape index (κ1) is 13.1. The van der Waals surface area contributed by atoms with Crippen LogP contribution in [0.5, 0.6) is 0 Å². The van der Waals surface area contributed by atoms with Gasteiger partial charge in [0.2, 0.25) is 0 Å². The first-order chi connectivity index (χ1) is 7.99. The van der Waals surface area contributed by atoms with Crippen LogP contribution in [0.15, 0.2) is 28.7 Å². The maximum absolute atomic E-state index is 11.4. The second-order valence-corrected chi connectivity index (χ2v) is 7.69. The molecule has 1 aliphatic heterocycles. The van der Waals surface area contributed by atoms with Crippen LogP contribution >= 0.6 is 15.9 Å². The lowest BCUT2D eigenvalue weighted by Gasteiger charge is -2.28. The molecule has 1 unspecified atom stereocenters. The van der Waals surface area contributed by atoms with E-state index >= 15 is 0 Å². The quantitative estimate of drug-likeness (QED) is 0.910. The molecule has 2 rings (SSSR count). The van der Waals surface area contributed by atoms with E-state index in [2.05, 4.69) is 15.9 Å². The van der Waals surface area contributed by atoms with E-state index < -0.39 is 9.84 Å². The highest BCUT2D eigenvalue weighted by atomic mass is 79.9. The van der Waals surface area contributed by atoms with Gasteiger partial charge in [0.1, 0.15) is 9.84 Å². The topological polar surface area (TPSA) is 60.2 Å². The molecule has 3 nitrogen and oxygen atoms in total. The van der Waals surface area contributed by atoms with Gasteiger partial charge >= 0.3 is 0 Å². The summed E-state index contributed by atoms with van der Waals surface area (Å²) in [7, 11) is -2.81. The highest BCUT2D eigenvalue weighted by molar-refractivity contribution is 9.10. The minimum absolute atomic E-state index is 0.0823. The molecule has 0 radical (unpaired) electrons. The van der Waals surface area contributed by atoms with Gasteiger partial charge in [-0.1, -0.05) is 34.1 Å². The molecule has 94 valence electrons. The van der Waals surface area contributed by atoms with E-state index in [9.17, 15) is 8.42 Å². The minimum Gasteiger partial charge on any atom is -0.324 e. The fourth-order valence-corrected chi connectivity index (χ4v) is 4.34. The van der Waals surface area contributed by atoms with Crippen LogP contribution in [0.25, 0.3) is 0 Å². The smallest absolute Gasteiger partial charge is 0.150 e.